The SMILES string of the molecule is Cn1c(Br)ccc1-c1ccc2cnccc2c1. The van der Waals surface area contributed by atoms with E-state index in [-0.39, 0.29) is 0 Å². The summed E-state index contributed by atoms with van der Waals surface area (Å²) in [7, 11) is 2.05. The smallest absolute Gasteiger partial charge is 0.0848 e. The van der Waals surface area contributed by atoms with Crippen LogP contribution in [0.25, 0.3) is 22.0 Å². The van der Waals surface area contributed by atoms with Crippen LogP contribution in [0.2, 0.25) is 0 Å². The lowest BCUT2D eigenvalue weighted by molar-refractivity contribution is 0.911. The number of rotatable bonds is 1. The molecule has 0 aliphatic heterocycles. The van der Waals surface area contributed by atoms with Crippen molar-refractivity contribution in [2.24, 2.45) is 7.05 Å². The van der Waals surface area contributed by atoms with E-state index in [0.717, 1.165) is 4.60 Å². The van der Waals surface area contributed by atoms with Gasteiger partial charge in [0.15, 0.2) is 0 Å². The molecule has 2 nitrogen and oxygen atoms in total. The molecule has 0 amide bonds. The highest BCUT2D eigenvalue weighted by Gasteiger charge is 2.05. The summed E-state index contributed by atoms with van der Waals surface area (Å²) in [6.07, 6.45) is 3.72. The Morgan fingerprint density at radius 3 is 2.71 bits per heavy atom. The molecule has 0 atom stereocenters. The quantitative estimate of drug-likeness (QED) is 0.661. The van der Waals surface area contributed by atoms with Crippen LogP contribution in [0.5, 0.6) is 0 Å². The molecule has 0 saturated heterocycles. The predicted molar refractivity (Wildman–Crippen MR) is 73.9 cm³/mol. The molecule has 3 rings (SSSR count). The molecule has 1 aromatic carbocycles. The predicted octanol–water partition coefficient (Wildman–Crippen LogP) is 4.00. The maximum absolute atomic E-state index is 4.12. The van der Waals surface area contributed by atoms with Gasteiger partial charge in [0.2, 0.25) is 0 Å². The maximum Gasteiger partial charge on any atom is 0.0848 e. The van der Waals surface area contributed by atoms with Crippen LogP contribution in [0, 0.1) is 0 Å². The minimum absolute atomic E-state index is 1.09. The van der Waals surface area contributed by atoms with Crippen LogP contribution in [-0.2, 0) is 7.05 Å². The van der Waals surface area contributed by atoms with Crippen LogP contribution < -0.4 is 0 Å². The summed E-state index contributed by atoms with van der Waals surface area (Å²) in [4.78, 5) is 4.12. The van der Waals surface area contributed by atoms with Gasteiger partial charge in [-0.1, -0.05) is 12.1 Å². The molecule has 17 heavy (non-hydrogen) atoms. The van der Waals surface area contributed by atoms with E-state index in [1.807, 2.05) is 18.5 Å². The number of benzene rings is 1. The molecule has 0 aliphatic rings. The lowest BCUT2D eigenvalue weighted by Gasteiger charge is -2.06. The second-order valence-electron chi connectivity index (χ2n) is 4.04. The molecule has 2 heterocycles. The number of pyridine rings is 1. The number of hydrogen-bond donors (Lipinski definition) is 0. The van der Waals surface area contributed by atoms with E-state index in [1.54, 1.807) is 0 Å². The Bertz CT molecular complexity index is 686. The van der Waals surface area contributed by atoms with E-state index < -0.39 is 0 Å². The van der Waals surface area contributed by atoms with Gasteiger partial charge in [-0.05, 0) is 51.1 Å². The molecule has 3 aromatic rings. The van der Waals surface area contributed by atoms with Crippen LogP contribution >= 0.6 is 15.9 Å². The Hall–Kier alpha value is -1.61. The highest BCUT2D eigenvalue weighted by atomic mass is 79.9. The van der Waals surface area contributed by atoms with Gasteiger partial charge in [0.1, 0.15) is 0 Å². The van der Waals surface area contributed by atoms with Gasteiger partial charge in [0.25, 0.3) is 0 Å². The van der Waals surface area contributed by atoms with Crippen molar-refractivity contribution in [3.8, 4) is 11.3 Å². The number of nitrogens with zero attached hydrogens (tertiary/aromatic N) is 2. The van der Waals surface area contributed by atoms with Crippen LogP contribution in [0.4, 0.5) is 0 Å². The van der Waals surface area contributed by atoms with E-state index >= 15 is 0 Å². The zero-order valence-corrected chi connectivity index (χ0v) is 11.0. The van der Waals surface area contributed by atoms with Crippen molar-refractivity contribution in [2.75, 3.05) is 0 Å². The maximum atomic E-state index is 4.12. The summed E-state index contributed by atoms with van der Waals surface area (Å²) >= 11 is 3.52. The van der Waals surface area contributed by atoms with Gasteiger partial charge < -0.3 is 4.57 Å². The van der Waals surface area contributed by atoms with Crippen molar-refractivity contribution < 1.29 is 0 Å². The van der Waals surface area contributed by atoms with E-state index in [0.29, 0.717) is 0 Å². The average molecular weight is 287 g/mol. The first kappa shape index (κ1) is 10.5. The number of fused-ring (bicyclic) bond motifs is 1. The topological polar surface area (TPSA) is 17.8 Å². The molecule has 3 heteroatoms. The van der Waals surface area contributed by atoms with Gasteiger partial charge in [-0.3, -0.25) is 4.98 Å². The first-order chi connectivity index (χ1) is 8.25. The second-order valence-corrected chi connectivity index (χ2v) is 4.85. The Morgan fingerprint density at radius 2 is 1.94 bits per heavy atom. The van der Waals surface area contributed by atoms with Crippen LogP contribution in [0.3, 0.4) is 0 Å². The van der Waals surface area contributed by atoms with Crippen LogP contribution in [0.1, 0.15) is 0 Å². The molecule has 2 aromatic heterocycles. The fraction of sp³-hybridized carbons (Fsp3) is 0.0714. The first-order valence-corrected chi connectivity index (χ1v) is 6.20. The Morgan fingerprint density at radius 1 is 1.06 bits per heavy atom. The molecule has 0 aliphatic carbocycles. The molecule has 0 spiro atoms. The number of halogens is 1. The molecular weight excluding hydrogens is 276 g/mol. The number of aromatic nitrogens is 2. The van der Waals surface area contributed by atoms with Gasteiger partial charge >= 0.3 is 0 Å². The van der Waals surface area contributed by atoms with Gasteiger partial charge in [-0.25, -0.2) is 0 Å². The van der Waals surface area contributed by atoms with Gasteiger partial charge in [-0.15, -0.1) is 0 Å². The monoisotopic (exact) mass is 286 g/mol. The summed E-state index contributed by atoms with van der Waals surface area (Å²) in [6.45, 7) is 0. The van der Waals surface area contributed by atoms with E-state index in [1.165, 1.54) is 22.0 Å². The third kappa shape index (κ3) is 1.76. The third-order valence-corrected chi connectivity index (χ3v) is 3.79. The minimum Gasteiger partial charge on any atom is -0.338 e. The molecule has 0 bridgehead atoms. The van der Waals surface area contributed by atoms with E-state index in [4.69, 9.17) is 0 Å². The van der Waals surface area contributed by atoms with Crippen LogP contribution in [-0.4, -0.2) is 9.55 Å². The van der Waals surface area contributed by atoms with Crippen molar-refractivity contribution in [3.63, 3.8) is 0 Å². The van der Waals surface area contributed by atoms with Crippen molar-refractivity contribution in [3.05, 3.63) is 53.4 Å². The van der Waals surface area contributed by atoms with Crippen molar-refractivity contribution in [1.82, 2.24) is 9.55 Å². The second kappa shape index (κ2) is 4.00. The van der Waals surface area contributed by atoms with Crippen molar-refractivity contribution in [2.45, 2.75) is 0 Å². The summed E-state index contributed by atoms with van der Waals surface area (Å²) in [5.74, 6) is 0. The Balaban J connectivity index is 2.21. The van der Waals surface area contributed by atoms with Crippen LogP contribution in [0.15, 0.2) is 53.4 Å². The van der Waals surface area contributed by atoms with Crippen molar-refractivity contribution in [1.29, 1.82) is 0 Å². The molecule has 0 fully saturated rings. The van der Waals surface area contributed by atoms with E-state index in [9.17, 15) is 0 Å². The third-order valence-electron chi connectivity index (χ3n) is 3.00. The zero-order valence-electron chi connectivity index (χ0n) is 9.39. The summed E-state index contributed by atoms with van der Waals surface area (Å²) in [5, 5.41) is 2.39. The standard InChI is InChI=1S/C14H11BrN2/c1-17-13(4-5-14(17)15)11-2-3-12-9-16-7-6-10(12)8-11/h2-9H,1H3. The molecule has 0 saturated carbocycles. The Kier molecular flexibility index (Phi) is 2.48. The summed E-state index contributed by atoms with van der Waals surface area (Å²) in [5.41, 5.74) is 2.42. The highest BCUT2D eigenvalue weighted by Crippen LogP contribution is 2.27. The molecule has 0 radical (unpaired) electrons. The number of hydrogen-bond acceptors (Lipinski definition) is 1. The fourth-order valence-corrected chi connectivity index (χ4v) is 2.34. The normalized spacial score (nSPS) is 10.9. The zero-order chi connectivity index (χ0) is 11.8. The summed E-state index contributed by atoms with van der Waals surface area (Å²) < 4.78 is 3.21. The van der Waals surface area contributed by atoms with Crippen molar-refractivity contribution >= 4 is 26.7 Å². The highest BCUT2D eigenvalue weighted by molar-refractivity contribution is 9.10. The largest absolute Gasteiger partial charge is 0.338 e. The fourth-order valence-electron chi connectivity index (χ4n) is 2.02. The van der Waals surface area contributed by atoms with Gasteiger partial charge in [0.05, 0.1) is 4.60 Å². The average Bonchev–Trinajstić information content (AvgIpc) is 2.70. The molecule has 84 valence electrons. The van der Waals surface area contributed by atoms with Gasteiger partial charge in [-0.2, -0.15) is 0 Å². The molecule has 0 unspecified atom stereocenters. The lowest BCUT2D eigenvalue weighted by Crippen LogP contribution is -1.91. The van der Waals surface area contributed by atoms with Gasteiger partial charge in [0, 0.05) is 30.5 Å². The van der Waals surface area contributed by atoms with E-state index in [2.05, 4.69) is 62.9 Å². The minimum atomic E-state index is 1.09. The molecule has 0 N–H and O–H groups in total. The first-order valence-electron chi connectivity index (χ1n) is 5.41. The summed E-state index contributed by atoms with van der Waals surface area (Å²) in [6, 6.07) is 12.7. The lowest BCUT2D eigenvalue weighted by atomic mass is 10.1. The molecular formula is C14H11BrN2. The Labute approximate surface area is 108 Å².